The number of pyridine rings is 1. The first-order chi connectivity index (χ1) is 13.8. The molecule has 0 aliphatic carbocycles. The van der Waals surface area contributed by atoms with Crippen LogP contribution in [0.2, 0.25) is 5.02 Å². The van der Waals surface area contributed by atoms with E-state index < -0.39 is 10.0 Å². The molecule has 1 aliphatic rings. The Morgan fingerprint density at radius 2 is 2.00 bits per heavy atom. The lowest BCUT2D eigenvalue weighted by Gasteiger charge is -2.30. The molecule has 6 nitrogen and oxygen atoms in total. The number of benzene rings is 1. The van der Waals surface area contributed by atoms with E-state index in [1.54, 1.807) is 12.3 Å². The summed E-state index contributed by atoms with van der Waals surface area (Å²) in [6, 6.07) is 11.3. The van der Waals surface area contributed by atoms with Crippen molar-refractivity contribution in [1.29, 1.82) is 0 Å². The summed E-state index contributed by atoms with van der Waals surface area (Å²) in [5, 5.41) is 3.63. The van der Waals surface area contributed by atoms with Crippen LogP contribution < -0.4 is 5.32 Å². The number of carbonyl (C=O) groups is 1. The monoisotopic (exact) mass is 435 g/mol. The van der Waals surface area contributed by atoms with Gasteiger partial charge in [0.15, 0.2) is 0 Å². The van der Waals surface area contributed by atoms with E-state index >= 15 is 0 Å². The Morgan fingerprint density at radius 3 is 2.66 bits per heavy atom. The topological polar surface area (TPSA) is 79.4 Å². The number of nitrogens with zero attached hydrogens (tertiary/aromatic N) is 2. The quantitative estimate of drug-likeness (QED) is 0.677. The molecule has 1 saturated heterocycles. The summed E-state index contributed by atoms with van der Waals surface area (Å²) in [4.78, 5) is 16.7. The molecule has 0 radical (unpaired) electrons. The van der Waals surface area contributed by atoms with Gasteiger partial charge >= 0.3 is 0 Å². The number of sulfonamides is 1. The molecule has 0 unspecified atom stereocenters. The van der Waals surface area contributed by atoms with Crippen molar-refractivity contribution in [3.8, 4) is 0 Å². The van der Waals surface area contributed by atoms with Gasteiger partial charge in [0, 0.05) is 42.5 Å². The van der Waals surface area contributed by atoms with E-state index in [4.69, 9.17) is 11.6 Å². The van der Waals surface area contributed by atoms with Gasteiger partial charge in [0.2, 0.25) is 10.0 Å². The van der Waals surface area contributed by atoms with Crippen LogP contribution in [-0.2, 0) is 16.4 Å². The van der Waals surface area contributed by atoms with Crippen LogP contribution in [0.25, 0.3) is 0 Å². The lowest BCUT2D eigenvalue weighted by atomic mass is 9.95. The third kappa shape index (κ3) is 6.26. The minimum Gasteiger partial charge on any atom is -0.352 e. The molecule has 1 aromatic carbocycles. The van der Waals surface area contributed by atoms with Gasteiger partial charge in [-0.25, -0.2) is 12.7 Å². The van der Waals surface area contributed by atoms with Crippen molar-refractivity contribution in [2.24, 2.45) is 0 Å². The van der Waals surface area contributed by atoms with Gasteiger partial charge in [-0.15, -0.1) is 0 Å². The number of halogens is 1. The van der Waals surface area contributed by atoms with Gasteiger partial charge in [-0.3, -0.25) is 9.78 Å². The van der Waals surface area contributed by atoms with Crippen LogP contribution in [0, 0.1) is 0 Å². The highest BCUT2D eigenvalue weighted by Crippen LogP contribution is 2.26. The molecule has 29 heavy (non-hydrogen) atoms. The summed E-state index contributed by atoms with van der Waals surface area (Å²) >= 11 is 5.88. The summed E-state index contributed by atoms with van der Waals surface area (Å²) in [7, 11) is -3.19. The maximum absolute atomic E-state index is 12.3. The van der Waals surface area contributed by atoms with E-state index in [1.165, 1.54) is 16.1 Å². The third-order valence-corrected chi connectivity index (χ3v) is 6.68. The van der Waals surface area contributed by atoms with Gasteiger partial charge in [0.1, 0.15) is 0 Å². The summed E-state index contributed by atoms with van der Waals surface area (Å²) in [5.74, 6) is -0.0866. The number of hydrogen-bond donors (Lipinski definition) is 1. The maximum atomic E-state index is 12.3. The molecular formula is C21H26ClN3O3S. The predicted molar refractivity (Wildman–Crippen MR) is 115 cm³/mol. The highest BCUT2D eigenvalue weighted by molar-refractivity contribution is 7.88. The third-order valence-electron chi connectivity index (χ3n) is 5.16. The molecule has 1 N–H and O–H groups in total. The number of aryl methyl sites for hydroxylation is 1. The summed E-state index contributed by atoms with van der Waals surface area (Å²) < 4.78 is 25.1. The molecule has 1 fully saturated rings. The zero-order valence-electron chi connectivity index (χ0n) is 16.5. The first-order valence-electron chi connectivity index (χ1n) is 9.76. The number of amides is 1. The minimum atomic E-state index is -3.19. The van der Waals surface area contributed by atoms with Crippen molar-refractivity contribution in [2.45, 2.75) is 31.6 Å². The van der Waals surface area contributed by atoms with Crippen LogP contribution in [0.4, 0.5) is 0 Å². The Labute approximate surface area is 177 Å². The van der Waals surface area contributed by atoms with Crippen molar-refractivity contribution >= 4 is 27.5 Å². The molecule has 156 valence electrons. The van der Waals surface area contributed by atoms with Crippen LogP contribution >= 0.6 is 11.6 Å². The fourth-order valence-electron chi connectivity index (χ4n) is 3.51. The van der Waals surface area contributed by atoms with E-state index in [0.29, 0.717) is 25.2 Å². The normalized spacial score (nSPS) is 17.8. The number of piperidine rings is 1. The molecule has 1 aliphatic heterocycles. The Morgan fingerprint density at radius 1 is 1.24 bits per heavy atom. The molecular weight excluding hydrogens is 410 g/mol. The highest BCUT2D eigenvalue weighted by Gasteiger charge is 2.27. The van der Waals surface area contributed by atoms with Gasteiger partial charge in [0.25, 0.3) is 5.91 Å². The van der Waals surface area contributed by atoms with Crippen molar-refractivity contribution < 1.29 is 13.2 Å². The highest BCUT2D eigenvalue weighted by atomic mass is 35.5. The largest absolute Gasteiger partial charge is 0.352 e. The number of carbonyl (C=O) groups excluding carboxylic acids is 1. The van der Waals surface area contributed by atoms with Crippen LogP contribution in [0.1, 0.15) is 46.8 Å². The summed E-state index contributed by atoms with van der Waals surface area (Å²) in [5.41, 5.74) is 2.53. The Kier molecular flexibility index (Phi) is 7.27. The molecule has 2 heterocycles. The van der Waals surface area contributed by atoms with Crippen LogP contribution in [0.15, 0.2) is 42.6 Å². The molecule has 3 rings (SSSR count). The lowest BCUT2D eigenvalue weighted by molar-refractivity contribution is 0.0953. The van der Waals surface area contributed by atoms with Crippen molar-refractivity contribution in [3.05, 3.63) is 64.4 Å². The SMILES string of the molecule is CS(=O)(=O)N1CCC[C@@H](c2ccc(C(=O)NCCCc3ccc(Cl)cc3)cn2)C1. The number of rotatable bonds is 7. The van der Waals surface area contributed by atoms with Gasteiger partial charge in [-0.1, -0.05) is 23.7 Å². The number of aromatic nitrogens is 1. The Hall–Kier alpha value is -1.96. The maximum Gasteiger partial charge on any atom is 0.252 e. The van der Waals surface area contributed by atoms with Gasteiger partial charge in [-0.05, 0) is 55.5 Å². The smallest absolute Gasteiger partial charge is 0.252 e. The summed E-state index contributed by atoms with van der Waals surface area (Å²) in [6.07, 6.45) is 6.23. The van der Waals surface area contributed by atoms with Crippen LogP contribution in [-0.4, -0.2) is 49.5 Å². The van der Waals surface area contributed by atoms with Crippen molar-refractivity contribution in [3.63, 3.8) is 0 Å². The molecule has 8 heteroatoms. The van der Waals surface area contributed by atoms with E-state index in [2.05, 4.69) is 10.3 Å². The van der Waals surface area contributed by atoms with E-state index in [1.807, 2.05) is 30.3 Å². The fourth-order valence-corrected chi connectivity index (χ4v) is 4.55. The van der Waals surface area contributed by atoms with Crippen LogP contribution in [0.3, 0.4) is 0 Å². The standard InChI is InChI=1S/C21H26ClN3O3S/c1-29(27,28)25-13-3-5-18(15-25)20-11-8-17(14-24-20)21(26)23-12-2-4-16-6-9-19(22)10-7-16/h6-11,14,18H,2-5,12-13,15H2,1H3,(H,23,26)/t18-/m1/s1. The fraction of sp³-hybridized carbons (Fsp3) is 0.429. The van der Waals surface area contributed by atoms with E-state index in [-0.39, 0.29) is 11.8 Å². The Balaban J connectivity index is 1.49. The van der Waals surface area contributed by atoms with E-state index in [0.717, 1.165) is 36.4 Å². The zero-order valence-corrected chi connectivity index (χ0v) is 18.0. The minimum absolute atomic E-state index is 0.0648. The molecule has 0 spiro atoms. The van der Waals surface area contributed by atoms with Gasteiger partial charge in [-0.2, -0.15) is 0 Å². The van der Waals surface area contributed by atoms with Crippen LogP contribution in [0.5, 0.6) is 0 Å². The molecule has 2 aromatic rings. The first-order valence-corrected chi connectivity index (χ1v) is 12.0. The average Bonchev–Trinajstić information content (AvgIpc) is 2.72. The molecule has 1 amide bonds. The predicted octanol–water partition coefficient (Wildman–Crippen LogP) is 3.24. The summed E-state index contributed by atoms with van der Waals surface area (Å²) in [6.45, 7) is 1.59. The van der Waals surface area contributed by atoms with E-state index in [9.17, 15) is 13.2 Å². The molecule has 1 atom stereocenters. The second-order valence-corrected chi connectivity index (χ2v) is 9.84. The van der Waals surface area contributed by atoms with Gasteiger partial charge < -0.3 is 5.32 Å². The van der Waals surface area contributed by atoms with Gasteiger partial charge in [0.05, 0.1) is 11.8 Å². The Bertz CT molecular complexity index is 931. The number of nitrogens with one attached hydrogen (secondary N) is 1. The molecule has 0 bridgehead atoms. The number of hydrogen-bond acceptors (Lipinski definition) is 4. The van der Waals surface area contributed by atoms with Crippen molar-refractivity contribution in [2.75, 3.05) is 25.9 Å². The first kappa shape index (κ1) is 21.7. The van der Waals surface area contributed by atoms with Crippen molar-refractivity contribution in [1.82, 2.24) is 14.6 Å². The second kappa shape index (κ2) is 9.69. The zero-order chi connectivity index (χ0) is 20.9. The lowest BCUT2D eigenvalue weighted by Crippen LogP contribution is -2.38. The molecule has 1 aromatic heterocycles. The second-order valence-electron chi connectivity index (χ2n) is 7.42. The molecule has 0 saturated carbocycles. The average molecular weight is 436 g/mol.